The van der Waals surface area contributed by atoms with E-state index in [4.69, 9.17) is 0 Å². The second-order valence-corrected chi connectivity index (χ2v) is 7.74. The Balaban J connectivity index is 1.46. The topological polar surface area (TPSA) is 58.2 Å². The highest BCUT2D eigenvalue weighted by molar-refractivity contribution is 7.17. The van der Waals surface area contributed by atoms with Gasteiger partial charge in [-0.05, 0) is 43.9 Å². The van der Waals surface area contributed by atoms with Crippen LogP contribution < -0.4 is 10.6 Å². The molecule has 3 heterocycles. The number of hydrogen-bond donors (Lipinski definition) is 2. The van der Waals surface area contributed by atoms with Crippen LogP contribution in [0.1, 0.15) is 46.2 Å². The van der Waals surface area contributed by atoms with Crippen LogP contribution in [0.4, 0.5) is 0 Å². The first-order valence-electron chi connectivity index (χ1n) is 8.38. The molecule has 0 saturated carbocycles. The standard InChI is InChI=1S/C19H20N2O2S/c1-11(22)12-2-4-13(5-3-12)17-8-9-18(24-17)19(23)21-16-10-14-6-7-15(16)20-14/h2-5,8-9,14-16,20H,6-7,10H2,1H3,(H,21,23). The predicted octanol–water partition coefficient (Wildman–Crippen LogP) is 3.24. The molecule has 2 saturated heterocycles. The van der Waals surface area contributed by atoms with E-state index in [2.05, 4.69) is 10.6 Å². The van der Waals surface area contributed by atoms with Gasteiger partial charge in [0.2, 0.25) is 0 Å². The van der Waals surface area contributed by atoms with Crippen LogP contribution in [0.3, 0.4) is 0 Å². The molecule has 1 aromatic heterocycles. The Kier molecular flexibility index (Phi) is 3.98. The predicted molar refractivity (Wildman–Crippen MR) is 95.6 cm³/mol. The van der Waals surface area contributed by atoms with Gasteiger partial charge < -0.3 is 10.6 Å². The zero-order valence-corrected chi connectivity index (χ0v) is 14.4. The summed E-state index contributed by atoms with van der Waals surface area (Å²) in [5.41, 5.74) is 1.74. The summed E-state index contributed by atoms with van der Waals surface area (Å²) in [6.07, 6.45) is 3.44. The zero-order chi connectivity index (χ0) is 16.7. The highest BCUT2D eigenvalue weighted by atomic mass is 32.1. The molecule has 2 N–H and O–H groups in total. The van der Waals surface area contributed by atoms with Crippen LogP contribution >= 0.6 is 11.3 Å². The van der Waals surface area contributed by atoms with Crippen molar-refractivity contribution in [3.63, 3.8) is 0 Å². The Morgan fingerprint density at radius 1 is 1.12 bits per heavy atom. The molecule has 4 nitrogen and oxygen atoms in total. The summed E-state index contributed by atoms with van der Waals surface area (Å²) < 4.78 is 0. The molecule has 124 valence electrons. The summed E-state index contributed by atoms with van der Waals surface area (Å²) in [6, 6.07) is 12.7. The Labute approximate surface area is 145 Å². The van der Waals surface area contributed by atoms with Crippen molar-refractivity contribution in [3.8, 4) is 10.4 Å². The molecule has 0 aliphatic carbocycles. The summed E-state index contributed by atoms with van der Waals surface area (Å²) in [7, 11) is 0. The van der Waals surface area contributed by atoms with Gasteiger partial charge in [-0.2, -0.15) is 0 Å². The fourth-order valence-corrected chi connectivity index (χ4v) is 4.62. The molecule has 4 rings (SSSR count). The van der Waals surface area contributed by atoms with Crippen molar-refractivity contribution in [3.05, 3.63) is 46.8 Å². The normalized spacial score (nSPS) is 25.0. The van der Waals surface area contributed by atoms with Crippen molar-refractivity contribution in [2.45, 2.75) is 44.3 Å². The van der Waals surface area contributed by atoms with E-state index in [0.29, 0.717) is 17.6 Å². The van der Waals surface area contributed by atoms with E-state index in [1.165, 1.54) is 17.8 Å². The summed E-state index contributed by atoms with van der Waals surface area (Å²) in [4.78, 5) is 25.6. The van der Waals surface area contributed by atoms with E-state index in [0.717, 1.165) is 28.2 Å². The number of ketones is 1. The highest BCUT2D eigenvalue weighted by Gasteiger charge is 2.39. The highest BCUT2D eigenvalue weighted by Crippen LogP contribution is 2.31. The second kappa shape index (κ2) is 6.15. The lowest BCUT2D eigenvalue weighted by Crippen LogP contribution is -2.42. The molecular weight excluding hydrogens is 320 g/mol. The fraction of sp³-hybridized carbons (Fsp3) is 0.368. The van der Waals surface area contributed by atoms with Crippen LogP contribution in [0.15, 0.2) is 36.4 Å². The minimum absolute atomic E-state index is 0.0194. The molecule has 3 unspecified atom stereocenters. The summed E-state index contributed by atoms with van der Waals surface area (Å²) >= 11 is 1.49. The lowest BCUT2D eigenvalue weighted by atomic mass is 9.95. The average Bonchev–Trinajstić information content (AvgIpc) is 3.31. The number of benzene rings is 1. The van der Waals surface area contributed by atoms with E-state index < -0.39 is 0 Å². The summed E-state index contributed by atoms with van der Waals surface area (Å²) in [5, 5.41) is 6.72. The van der Waals surface area contributed by atoms with Crippen molar-refractivity contribution in [1.29, 1.82) is 0 Å². The van der Waals surface area contributed by atoms with E-state index in [-0.39, 0.29) is 17.7 Å². The van der Waals surface area contributed by atoms with Crippen LogP contribution in [-0.2, 0) is 0 Å². The number of rotatable bonds is 4. The van der Waals surface area contributed by atoms with E-state index in [1.807, 2.05) is 36.4 Å². The molecule has 1 amide bonds. The van der Waals surface area contributed by atoms with Crippen LogP contribution in [0.25, 0.3) is 10.4 Å². The van der Waals surface area contributed by atoms with Gasteiger partial charge in [0.05, 0.1) is 4.88 Å². The number of carbonyl (C=O) groups excluding carboxylic acids is 2. The molecule has 2 aromatic rings. The molecule has 0 radical (unpaired) electrons. The summed E-state index contributed by atoms with van der Waals surface area (Å²) in [5.74, 6) is 0.0817. The number of hydrogen-bond acceptors (Lipinski definition) is 4. The number of Topliss-reactive ketones (excluding diaryl/α,β-unsaturated/α-hetero) is 1. The molecule has 1 aromatic carbocycles. The van der Waals surface area contributed by atoms with Gasteiger partial charge in [0.25, 0.3) is 5.91 Å². The van der Waals surface area contributed by atoms with Gasteiger partial charge >= 0.3 is 0 Å². The third kappa shape index (κ3) is 2.89. The maximum atomic E-state index is 12.5. The molecule has 3 atom stereocenters. The number of fused-ring (bicyclic) bond motifs is 2. The van der Waals surface area contributed by atoms with Gasteiger partial charge in [0, 0.05) is 28.6 Å². The maximum absolute atomic E-state index is 12.5. The number of amides is 1. The fourth-order valence-electron chi connectivity index (χ4n) is 3.71. The lowest BCUT2D eigenvalue weighted by molar-refractivity contribution is 0.0934. The third-order valence-electron chi connectivity index (χ3n) is 5.02. The van der Waals surface area contributed by atoms with Crippen molar-refractivity contribution >= 4 is 23.0 Å². The van der Waals surface area contributed by atoms with Crippen molar-refractivity contribution in [2.24, 2.45) is 0 Å². The minimum Gasteiger partial charge on any atom is -0.347 e. The van der Waals surface area contributed by atoms with Gasteiger partial charge in [-0.1, -0.05) is 24.3 Å². The minimum atomic E-state index is 0.0194. The van der Waals surface area contributed by atoms with Gasteiger partial charge in [0.15, 0.2) is 5.78 Å². The van der Waals surface area contributed by atoms with Crippen molar-refractivity contribution in [2.75, 3.05) is 0 Å². The first kappa shape index (κ1) is 15.5. The van der Waals surface area contributed by atoms with E-state index in [9.17, 15) is 9.59 Å². The van der Waals surface area contributed by atoms with Crippen molar-refractivity contribution in [1.82, 2.24) is 10.6 Å². The number of thiophene rings is 1. The molecule has 2 fully saturated rings. The largest absolute Gasteiger partial charge is 0.347 e. The van der Waals surface area contributed by atoms with Crippen LogP contribution in [0.5, 0.6) is 0 Å². The Hall–Kier alpha value is -1.98. The van der Waals surface area contributed by atoms with E-state index >= 15 is 0 Å². The molecule has 2 aliphatic rings. The molecule has 24 heavy (non-hydrogen) atoms. The van der Waals surface area contributed by atoms with Gasteiger partial charge in [-0.3, -0.25) is 9.59 Å². The first-order valence-corrected chi connectivity index (χ1v) is 9.20. The Morgan fingerprint density at radius 3 is 2.54 bits per heavy atom. The quantitative estimate of drug-likeness (QED) is 0.840. The molecular formula is C19H20N2O2S. The number of nitrogens with one attached hydrogen (secondary N) is 2. The molecule has 2 bridgehead atoms. The first-order chi connectivity index (χ1) is 11.6. The summed E-state index contributed by atoms with van der Waals surface area (Å²) in [6.45, 7) is 1.56. The van der Waals surface area contributed by atoms with Crippen molar-refractivity contribution < 1.29 is 9.59 Å². The van der Waals surface area contributed by atoms with Gasteiger partial charge in [0.1, 0.15) is 0 Å². The molecule has 5 heteroatoms. The van der Waals surface area contributed by atoms with E-state index in [1.54, 1.807) is 6.92 Å². The SMILES string of the molecule is CC(=O)c1ccc(-c2ccc(C(=O)NC3CC4CCC3N4)s2)cc1. The smallest absolute Gasteiger partial charge is 0.261 e. The number of carbonyl (C=O) groups is 2. The lowest BCUT2D eigenvalue weighted by Gasteiger charge is -2.20. The Bertz CT molecular complexity index is 781. The monoisotopic (exact) mass is 340 g/mol. The van der Waals surface area contributed by atoms with Crippen LogP contribution in [0.2, 0.25) is 0 Å². The molecule has 0 spiro atoms. The van der Waals surface area contributed by atoms with Gasteiger partial charge in [-0.15, -0.1) is 11.3 Å². The Morgan fingerprint density at radius 2 is 1.92 bits per heavy atom. The average molecular weight is 340 g/mol. The third-order valence-corrected chi connectivity index (χ3v) is 6.16. The maximum Gasteiger partial charge on any atom is 0.261 e. The molecule has 2 aliphatic heterocycles. The zero-order valence-electron chi connectivity index (χ0n) is 13.5. The van der Waals surface area contributed by atoms with Gasteiger partial charge in [-0.25, -0.2) is 0 Å². The van der Waals surface area contributed by atoms with Crippen LogP contribution in [-0.4, -0.2) is 29.8 Å². The second-order valence-electron chi connectivity index (χ2n) is 6.66. The van der Waals surface area contributed by atoms with Crippen LogP contribution in [0, 0.1) is 0 Å².